The van der Waals surface area contributed by atoms with E-state index in [2.05, 4.69) is 0 Å². The van der Waals surface area contributed by atoms with E-state index in [1.54, 1.807) is 37.4 Å². The van der Waals surface area contributed by atoms with Gasteiger partial charge in [-0.25, -0.2) is 8.42 Å². The molecular formula is C17H19NO3S. The predicted molar refractivity (Wildman–Crippen MR) is 85.4 cm³/mol. The number of nitrogens with two attached hydrogens (primary N) is 1. The zero-order chi connectivity index (χ0) is 15.8. The molecule has 1 aliphatic carbocycles. The second-order valence-corrected chi connectivity index (χ2v) is 7.78. The molecule has 2 N–H and O–H groups in total. The molecule has 0 amide bonds. The van der Waals surface area contributed by atoms with Crippen LogP contribution in [0.5, 0.6) is 0 Å². The zero-order valence-electron chi connectivity index (χ0n) is 12.3. The van der Waals surface area contributed by atoms with Crippen LogP contribution in [-0.2, 0) is 14.6 Å². The van der Waals surface area contributed by atoms with Crippen LogP contribution >= 0.6 is 0 Å². The summed E-state index contributed by atoms with van der Waals surface area (Å²) in [6, 6.07) is 18.0. The van der Waals surface area contributed by atoms with Crippen LogP contribution in [0.2, 0.25) is 0 Å². The van der Waals surface area contributed by atoms with Crippen molar-refractivity contribution in [2.75, 3.05) is 13.7 Å². The standard InChI is InChI=1S/C17H19NO3S/c1-21-12-17(18)15(13-8-4-2-5-9-13)16(17)22(19,20)14-10-6-3-7-11-14/h2-11,15-16H,12,18H2,1H3/t15-,16-,17-/m0/s1. The van der Waals surface area contributed by atoms with Gasteiger partial charge in [0, 0.05) is 13.0 Å². The summed E-state index contributed by atoms with van der Waals surface area (Å²) in [5.74, 6) is -0.251. The monoisotopic (exact) mass is 317 g/mol. The third-order valence-electron chi connectivity index (χ3n) is 4.26. The van der Waals surface area contributed by atoms with Gasteiger partial charge in [-0.15, -0.1) is 0 Å². The molecule has 0 aromatic heterocycles. The van der Waals surface area contributed by atoms with E-state index in [0.29, 0.717) is 4.90 Å². The lowest BCUT2D eigenvalue weighted by Gasteiger charge is -2.11. The van der Waals surface area contributed by atoms with E-state index in [-0.39, 0.29) is 12.5 Å². The van der Waals surface area contributed by atoms with E-state index in [1.807, 2.05) is 30.3 Å². The van der Waals surface area contributed by atoms with Crippen LogP contribution in [0.4, 0.5) is 0 Å². The van der Waals surface area contributed by atoms with Crippen molar-refractivity contribution in [2.45, 2.75) is 21.6 Å². The van der Waals surface area contributed by atoms with Crippen LogP contribution in [-0.4, -0.2) is 32.9 Å². The average Bonchev–Trinajstić information content (AvgIpc) is 3.16. The highest BCUT2D eigenvalue weighted by molar-refractivity contribution is 7.92. The molecule has 0 unspecified atom stereocenters. The lowest BCUT2D eigenvalue weighted by molar-refractivity contribution is 0.171. The topological polar surface area (TPSA) is 69.4 Å². The Morgan fingerprint density at radius 3 is 2.14 bits per heavy atom. The Morgan fingerprint density at radius 1 is 1.05 bits per heavy atom. The number of hydrogen-bond acceptors (Lipinski definition) is 4. The largest absolute Gasteiger partial charge is 0.383 e. The highest BCUT2D eigenvalue weighted by atomic mass is 32.2. The summed E-state index contributed by atoms with van der Waals surface area (Å²) in [6.07, 6.45) is 0. The van der Waals surface area contributed by atoms with Crippen LogP contribution in [0.25, 0.3) is 0 Å². The van der Waals surface area contributed by atoms with Crippen LogP contribution in [0, 0.1) is 0 Å². The van der Waals surface area contributed by atoms with Gasteiger partial charge in [-0.2, -0.15) is 0 Å². The van der Waals surface area contributed by atoms with Gasteiger partial charge in [0.2, 0.25) is 0 Å². The fourth-order valence-corrected chi connectivity index (χ4v) is 5.53. The number of ether oxygens (including phenoxy) is 1. The van der Waals surface area contributed by atoms with Gasteiger partial charge >= 0.3 is 0 Å². The minimum absolute atomic E-state index is 0.212. The Bertz CT molecular complexity index is 746. The first-order valence-corrected chi connectivity index (χ1v) is 8.68. The number of methoxy groups -OCH3 is 1. The summed E-state index contributed by atoms with van der Waals surface area (Å²) < 4.78 is 31.1. The highest BCUT2D eigenvalue weighted by Gasteiger charge is 2.69. The first-order chi connectivity index (χ1) is 10.5. The summed E-state index contributed by atoms with van der Waals surface area (Å²) in [4.78, 5) is 0.310. The van der Waals surface area contributed by atoms with Crippen molar-refractivity contribution in [2.24, 2.45) is 5.73 Å². The average molecular weight is 317 g/mol. The van der Waals surface area contributed by atoms with Crippen molar-refractivity contribution in [1.82, 2.24) is 0 Å². The molecule has 3 atom stereocenters. The molecule has 3 rings (SSSR count). The Labute approximate surface area is 130 Å². The maximum atomic E-state index is 12.9. The third kappa shape index (κ3) is 2.35. The molecular weight excluding hydrogens is 298 g/mol. The van der Waals surface area contributed by atoms with Gasteiger partial charge < -0.3 is 10.5 Å². The number of sulfone groups is 1. The maximum Gasteiger partial charge on any atom is 0.183 e. The van der Waals surface area contributed by atoms with Gasteiger partial charge in [-0.3, -0.25) is 0 Å². The summed E-state index contributed by atoms with van der Waals surface area (Å²) in [6.45, 7) is 0.212. The molecule has 0 spiro atoms. The van der Waals surface area contributed by atoms with E-state index < -0.39 is 20.6 Å². The molecule has 1 fully saturated rings. The molecule has 22 heavy (non-hydrogen) atoms. The summed E-state index contributed by atoms with van der Waals surface area (Å²) >= 11 is 0. The van der Waals surface area contributed by atoms with Gasteiger partial charge in [0.1, 0.15) is 0 Å². The Balaban J connectivity index is 2.02. The summed E-state index contributed by atoms with van der Waals surface area (Å²) in [5.41, 5.74) is 6.45. The molecule has 4 nitrogen and oxygen atoms in total. The van der Waals surface area contributed by atoms with Gasteiger partial charge in [-0.05, 0) is 17.7 Å². The Hall–Kier alpha value is -1.69. The second kappa shape index (κ2) is 5.50. The van der Waals surface area contributed by atoms with Crippen molar-refractivity contribution in [3.05, 3.63) is 66.2 Å². The minimum atomic E-state index is -3.50. The lowest BCUT2D eigenvalue weighted by atomic mass is 10.1. The van der Waals surface area contributed by atoms with E-state index in [9.17, 15) is 8.42 Å². The van der Waals surface area contributed by atoms with Crippen molar-refractivity contribution in [3.63, 3.8) is 0 Å². The molecule has 116 valence electrons. The molecule has 2 aromatic carbocycles. The SMILES string of the molecule is COC[C@]1(N)[C@@H](c2ccccc2)[C@@H]1S(=O)(=O)c1ccccc1. The number of rotatable bonds is 5. The molecule has 0 aliphatic heterocycles. The number of benzene rings is 2. The van der Waals surface area contributed by atoms with Crippen LogP contribution < -0.4 is 5.73 Å². The fourth-order valence-electron chi connectivity index (χ4n) is 3.22. The molecule has 0 bridgehead atoms. The zero-order valence-corrected chi connectivity index (χ0v) is 13.2. The molecule has 1 saturated carbocycles. The summed E-state index contributed by atoms with van der Waals surface area (Å²) in [5, 5.41) is -0.662. The number of hydrogen-bond donors (Lipinski definition) is 1. The fraction of sp³-hybridized carbons (Fsp3) is 0.294. The van der Waals surface area contributed by atoms with E-state index in [1.165, 1.54) is 0 Å². The minimum Gasteiger partial charge on any atom is -0.383 e. The van der Waals surface area contributed by atoms with Crippen molar-refractivity contribution < 1.29 is 13.2 Å². The first-order valence-electron chi connectivity index (χ1n) is 7.13. The quantitative estimate of drug-likeness (QED) is 0.915. The lowest BCUT2D eigenvalue weighted by Crippen LogP contribution is -2.35. The molecule has 0 heterocycles. The summed E-state index contributed by atoms with van der Waals surface area (Å²) in [7, 11) is -1.96. The Kier molecular flexibility index (Phi) is 3.80. The molecule has 0 saturated heterocycles. The highest BCUT2D eigenvalue weighted by Crippen LogP contribution is 2.55. The smallest absolute Gasteiger partial charge is 0.183 e. The van der Waals surface area contributed by atoms with Gasteiger partial charge in [-0.1, -0.05) is 48.5 Å². The van der Waals surface area contributed by atoms with E-state index in [0.717, 1.165) is 5.56 Å². The molecule has 2 aromatic rings. The predicted octanol–water partition coefficient (Wildman–Crippen LogP) is 1.97. The Morgan fingerprint density at radius 2 is 1.59 bits per heavy atom. The van der Waals surface area contributed by atoms with Crippen LogP contribution in [0.1, 0.15) is 11.5 Å². The van der Waals surface area contributed by atoms with Crippen molar-refractivity contribution in [3.8, 4) is 0 Å². The van der Waals surface area contributed by atoms with Crippen LogP contribution in [0.15, 0.2) is 65.6 Å². The van der Waals surface area contributed by atoms with Crippen molar-refractivity contribution in [1.29, 1.82) is 0 Å². The normalized spacial score (nSPS) is 27.5. The molecule has 1 aliphatic rings. The van der Waals surface area contributed by atoms with Gasteiger partial charge in [0.05, 0.1) is 22.3 Å². The van der Waals surface area contributed by atoms with Gasteiger partial charge in [0.15, 0.2) is 9.84 Å². The second-order valence-electron chi connectivity index (χ2n) is 5.71. The maximum absolute atomic E-state index is 12.9. The third-order valence-corrected chi connectivity index (χ3v) is 6.57. The molecule has 5 heteroatoms. The molecule has 0 radical (unpaired) electrons. The van der Waals surface area contributed by atoms with Crippen LogP contribution in [0.3, 0.4) is 0 Å². The van der Waals surface area contributed by atoms with Gasteiger partial charge in [0.25, 0.3) is 0 Å². The van der Waals surface area contributed by atoms with E-state index in [4.69, 9.17) is 10.5 Å². The van der Waals surface area contributed by atoms with Crippen molar-refractivity contribution >= 4 is 9.84 Å². The first kappa shape index (κ1) is 15.2. The van der Waals surface area contributed by atoms with E-state index >= 15 is 0 Å².